The Morgan fingerprint density at radius 2 is 2.06 bits per heavy atom. The molecule has 2 aromatic heterocycles. The summed E-state index contributed by atoms with van der Waals surface area (Å²) in [7, 11) is 5.91. The van der Waals surface area contributed by atoms with Gasteiger partial charge in [-0.1, -0.05) is 25.1 Å². The number of rotatable bonds is 8. The molecule has 6 nitrogen and oxygen atoms in total. The number of hydrogen-bond donors (Lipinski definition) is 0. The zero-order valence-corrected chi connectivity index (χ0v) is 19.7. The number of hydrogen-bond acceptors (Lipinski definition) is 6. The Balaban J connectivity index is 1.61. The van der Waals surface area contributed by atoms with Crippen LogP contribution in [0.3, 0.4) is 0 Å². The van der Waals surface area contributed by atoms with Gasteiger partial charge in [-0.2, -0.15) is 0 Å². The molecule has 0 aliphatic heterocycles. The van der Waals surface area contributed by atoms with Gasteiger partial charge in [-0.25, -0.2) is 4.98 Å². The first-order valence-electron chi connectivity index (χ1n) is 11.0. The van der Waals surface area contributed by atoms with Crippen LogP contribution >= 0.6 is 11.3 Å². The highest BCUT2D eigenvalue weighted by Gasteiger charge is 2.28. The molecule has 0 amide bonds. The molecule has 0 bridgehead atoms. The van der Waals surface area contributed by atoms with Crippen molar-refractivity contribution < 1.29 is 4.74 Å². The zero-order chi connectivity index (χ0) is 22.0. The number of aryl methyl sites for hydroxylation is 1. The van der Waals surface area contributed by atoms with Crippen molar-refractivity contribution in [3.05, 3.63) is 57.0 Å². The van der Waals surface area contributed by atoms with Crippen molar-refractivity contribution in [3.8, 4) is 5.75 Å². The molecule has 0 spiro atoms. The van der Waals surface area contributed by atoms with Crippen LogP contribution < -0.4 is 10.3 Å². The predicted octanol–water partition coefficient (Wildman–Crippen LogP) is 3.26. The molecule has 1 aliphatic carbocycles. The van der Waals surface area contributed by atoms with Gasteiger partial charge < -0.3 is 9.64 Å². The third-order valence-electron chi connectivity index (χ3n) is 6.30. The average Bonchev–Trinajstić information content (AvgIpc) is 3.15. The van der Waals surface area contributed by atoms with E-state index in [1.54, 1.807) is 29.3 Å². The van der Waals surface area contributed by atoms with Crippen LogP contribution in [0, 0.1) is 0 Å². The van der Waals surface area contributed by atoms with Gasteiger partial charge in [0.05, 0.1) is 25.4 Å². The molecule has 1 aromatic carbocycles. The van der Waals surface area contributed by atoms with E-state index in [1.807, 2.05) is 24.3 Å². The van der Waals surface area contributed by atoms with E-state index in [9.17, 15) is 4.79 Å². The monoisotopic (exact) mass is 440 g/mol. The lowest BCUT2D eigenvalue weighted by molar-refractivity contribution is 0.173. The van der Waals surface area contributed by atoms with E-state index >= 15 is 0 Å². The van der Waals surface area contributed by atoms with E-state index in [0.717, 1.165) is 60.4 Å². The van der Waals surface area contributed by atoms with Crippen LogP contribution in [-0.4, -0.2) is 66.2 Å². The molecular weight excluding hydrogens is 408 g/mol. The summed E-state index contributed by atoms with van der Waals surface area (Å²) in [5.74, 6) is 0.794. The Morgan fingerprint density at radius 3 is 2.81 bits per heavy atom. The summed E-state index contributed by atoms with van der Waals surface area (Å²) in [5.41, 5.74) is 2.27. The maximum atomic E-state index is 13.4. The topological polar surface area (TPSA) is 50.6 Å². The van der Waals surface area contributed by atoms with E-state index in [2.05, 4.69) is 35.8 Å². The van der Waals surface area contributed by atoms with Gasteiger partial charge in [-0.15, -0.1) is 11.3 Å². The zero-order valence-electron chi connectivity index (χ0n) is 18.9. The minimum absolute atomic E-state index is 0.0619. The Morgan fingerprint density at radius 1 is 1.26 bits per heavy atom. The molecule has 7 heteroatoms. The van der Waals surface area contributed by atoms with Crippen LogP contribution in [0.25, 0.3) is 10.2 Å². The van der Waals surface area contributed by atoms with Crippen molar-refractivity contribution in [1.82, 2.24) is 19.4 Å². The average molecular weight is 441 g/mol. The number of aromatic nitrogens is 2. The summed E-state index contributed by atoms with van der Waals surface area (Å²) in [4.78, 5) is 25.1. The molecule has 0 saturated heterocycles. The van der Waals surface area contributed by atoms with Crippen molar-refractivity contribution in [2.24, 2.45) is 0 Å². The highest BCUT2D eigenvalue weighted by atomic mass is 32.1. The lowest BCUT2D eigenvalue weighted by Crippen LogP contribution is -2.42. The van der Waals surface area contributed by atoms with Gasteiger partial charge in [0.1, 0.15) is 10.6 Å². The molecule has 0 N–H and O–H groups in total. The number of methoxy groups -OCH3 is 1. The van der Waals surface area contributed by atoms with Gasteiger partial charge in [0.15, 0.2) is 0 Å². The largest absolute Gasteiger partial charge is 0.496 e. The molecule has 1 atom stereocenters. The smallest absolute Gasteiger partial charge is 0.262 e. The number of para-hydroxylation sites is 1. The van der Waals surface area contributed by atoms with E-state index < -0.39 is 0 Å². The Bertz CT molecular complexity index is 1100. The van der Waals surface area contributed by atoms with Crippen LogP contribution in [0.4, 0.5) is 0 Å². The third kappa shape index (κ3) is 4.54. The number of thiophene rings is 1. The second kappa shape index (κ2) is 9.51. The number of fused-ring (bicyclic) bond motifs is 3. The second-order valence-electron chi connectivity index (χ2n) is 8.50. The van der Waals surface area contributed by atoms with Gasteiger partial charge in [0.2, 0.25) is 0 Å². The minimum Gasteiger partial charge on any atom is -0.496 e. The Labute approximate surface area is 188 Å². The molecule has 0 radical (unpaired) electrons. The summed E-state index contributed by atoms with van der Waals surface area (Å²) in [6.07, 6.45) is 4.75. The molecule has 31 heavy (non-hydrogen) atoms. The molecular formula is C24H32N4O2S. The standard InChI is InChI=1S/C24H32N4O2S/c1-5-27(13-12-26(2)3)18-10-11-19-21(14-18)31-23-22(19)24(29)28(16-25-23)15-17-8-6-7-9-20(17)30-4/h6-9,16,18H,5,10-15H2,1-4H3/t18-/m0/s1. The maximum absolute atomic E-state index is 13.4. The molecule has 2 heterocycles. The summed E-state index contributed by atoms with van der Waals surface area (Å²) >= 11 is 1.71. The first-order valence-corrected chi connectivity index (χ1v) is 11.8. The fourth-order valence-corrected chi connectivity index (χ4v) is 5.80. The van der Waals surface area contributed by atoms with Gasteiger partial charge in [-0.05, 0) is 51.5 Å². The second-order valence-corrected chi connectivity index (χ2v) is 9.59. The first kappa shape index (κ1) is 22.0. The first-order chi connectivity index (χ1) is 15.0. The van der Waals surface area contributed by atoms with Crippen molar-refractivity contribution in [1.29, 1.82) is 0 Å². The van der Waals surface area contributed by atoms with Crippen LogP contribution in [0.2, 0.25) is 0 Å². The van der Waals surface area contributed by atoms with Crippen LogP contribution in [0.1, 0.15) is 29.3 Å². The molecule has 3 aromatic rings. The summed E-state index contributed by atoms with van der Waals surface area (Å²) in [6, 6.07) is 8.37. The normalized spacial score (nSPS) is 16.3. The highest BCUT2D eigenvalue weighted by Crippen LogP contribution is 2.35. The number of benzene rings is 1. The molecule has 0 saturated carbocycles. The molecule has 166 valence electrons. The van der Waals surface area contributed by atoms with E-state index in [1.165, 1.54) is 10.4 Å². The van der Waals surface area contributed by atoms with Gasteiger partial charge in [0, 0.05) is 29.6 Å². The van der Waals surface area contributed by atoms with E-state index in [4.69, 9.17) is 4.74 Å². The number of likely N-dealkylation sites (N-methyl/N-ethyl adjacent to an activating group) is 2. The molecule has 1 aliphatic rings. The fourth-order valence-electron chi connectivity index (χ4n) is 4.55. The van der Waals surface area contributed by atoms with E-state index in [0.29, 0.717) is 12.6 Å². The van der Waals surface area contributed by atoms with Crippen molar-refractivity contribution in [2.75, 3.05) is 40.8 Å². The minimum atomic E-state index is 0.0619. The van der Waals surface area contributed by atoms with Crippen LogP contribution in [0.15, 0.2) is 35.4 Å². The van der Waals surface area contributed by atoms with Gasteiger partial charge in [-0.3, -0.25) is 14.3 Å². The third-order valence-corrected chi connectivity index (χ3v) is 7.46. The highest BCUT2D eigenvalue weighted by molar-refractivity contribution is 7.18. The molecule has 0 fully saturated rings. The number of ether oxygens (including phenoxy) is 1. The quantitative estimate of drug-likeness (QED) is 0.538. The van der Waals surface area contributed by atoms with Crippen LogP contribution in [-0.2, 0) is 19.4 Å². The van der Waals surface area contributed by atoms with Crippen molar-refractivity contribution in [3.63, 3.8) is 0 Å². The van der Waals surface area contributed by atoms with Crippen molar-refractivity contribution >= 4 is 21.6 Å². The summed E-state index contributed by atoms with van der Waals surface area (Å²) < 4.78 is 7.18. The lowest BCUT2D eigenvalue weighted by Gasteiger charge is -2.34. The van der Waals surface area contributed by atoms with Crippen LogP contribution in [0.5, 0.6) is 5.75 Å². The van der Waals surface area contributed by atoms with Gasteiger partial charge in [0.25, 0.3) is 5.56 Å². The summed E-state index contributed by atoms with van der Waals surface area (Å²) in [5, 5.41) is 0.826. The molecule has 0 unspecified atom stereocenters. The Hall–Kier alpha value is -2.22. The summed E-state index contributed by atoms with van der Waals surface area (Å²) in [6.45, 7) is 5.92. The van der Waals surface area contributed by atoms with Crippen molar-refractivity contribution in [2.45, 2.75) is 38.8 Å². The predicted molar refractivity (Wildman–Crippen MR) is 128 cm³/mol. The SMILES string of the molecule is CCN(CCN(C)C)[C@H]1CCc2c(sc3ncn(Cc4ccccc4OC)c(=O)c23)C1. The van der Waals surface area contributed by atoms with Gasteiger partial charge >= 0.3 is 0 Å². The van der Waals surface area contributed by atoms with E-state index in [-0.39, 0.29) is 5.56 Å². The number of nitrogens with zero attached hydrogens (tertiary/aromatic N) is 4. The lowest BCUT2D eigenvalue weighted by atomic mass is 9.92. The Kier molecular flexibility index (Phi) is 6.74. The fraction of sp³-hybridized carbons (Fsp3) is 0.500. The molecule has 4 rings (SSSR count). The maximum Gasteiger partial charge on any atom is 0.262 e.